The number of hydrogen-bond donors (Lipinski definition) is 1. The van der Waals surface area contributed by atoms with Gasteiger partial charge in [0.15, 0.2) is 5.82 Å². The molecular formula is C3H8N4O. The highest BCUT2D eigenvalue weighted by molar-refractivity contribution is 4.69. The first-order chi connectivity index (χ1) is 3.93. The van der Waals surface area contributed by atoms with Crippen LogP contribution in [0, 0.1) is 0 Å². The Labute approximate surface area is 47.5 Å². The third-order valence-corrected chi connectivity index (χ3v) is 0.663. The molecule has 0 aliphatic carbocycles. The van der Waals surface area contributed by atoms with Crippen molar-refractivity contribution in [1.82, 2.24) is 20.6 Å². The number of aromatic nitrogens is 4. The van der Waals surface area contributed by atoms with E-state index in [4.69, 9.17) is 4.74 Å². The van der Waals surface area contributed by atoms with E-state index in [9.17, 15) is 0 Å². The minimum absolute atomic E-state index is 0. The number of aromatic amines is 1. The summed E-state index contributed by atoms with van der Waals surface area (Å²) in [5.41, 5.74) is 0. The van der Waals surface area contributed by atoms with Crippen LogP contribution < -0.4 is 0 Å². The largest absolute Gasteiger partial charge is 0.377 e. The van der Waals surface area contributed by atoms with Gasteiger partial charge in [-0.2, -0.15) is 5.21 Å². The van der Waals surface area contributed by atoms with Crippen LogP contribution in [-0.4, -0.2) is 27.7 Å². The van der Waals surface area contributed by atoms with E-state index in [2.05, 4.69) is 20.6 Å². The fraction of sp³-hybridized carbons (Fsp3) is 0.667. The second-order valence-corrected chi connectivity index (χ2v) is 1.26. The van der Waals surface area contributed by atoms with Gasteiger partial charge in [0, 0.05) is 8.54 Å². The lowest BCUT2D eigenvalue weighted by atomic mass is 10.7. The van der Waals surface area contributed by atoms with Crippen LogP contribution in [-0.2, 0) is 11.3 Å². The Bertz CT molecular complexity index is 142. The van der Waals surface area contributed by atoms with Crippen LogP contribution in [0.15, 0.2) is 0 Å². The predicted molar refractivity (Wildman–Crippen MR) is 27.0 cm³/mol. The number of tetrazole rings is 1. The summed E-state index contributed by atoms with van der Waals surface area (Å²) in [4.78, 5) is 0. The average molecular weight is 116 g/mol. The summed E-state index contributed by atoms with van der Waals surface area (Å²) < 4.78 is 4.70. The van der Waals surface area contributed by atoms with Crippen LogP contribution in [0.4, 0.5) is 0 Å². The molecule has 0 aliphatic heterocycles. The van der Waals surface area contributed by atoms with Crippen LogP contribution in [0.2, 0.25) is 0 Å². The molecular weight excluding hydrogens is 108 g/mol. The second kappa shape index (κ2) is 2.37. The minimum Gasteiger partial charge on any atom is -0.377 e. The second-order valence-electron chi connectivity index (χ2n) is 1.26. The summed E-state index contributed by atoms with van der Waals surface area (Å²) in [6.07, 6.45) is 0. The van der Waals surface area contributed by atoms with Crippen LogP contribution in [0.1, 0.15) is 7.25 Å². The van der Waals surface area contributed by atoms with Crippen molar-refractivity contribution in [1.29, 1.82) is 0 Å². The van der Waals surface area contributed by atoms with Gasteiger partial charge < -0.3 is 4.74 Å². The van der Waals surface area contributed by atoms with Crippen molar-refractivity contribution in [3.63, 3.8) is 0 Å². The van der Waals surface area contributed by atoms with E-state index in [1.54, 1.807) is 7.11 Å². The maximum Gasteiger partial charge on any atom is 0.200 e. The molecule has 0 atom stereocenters. The molecule has 5 nitrogen and oxygen atoms in total. The Morgan fingerprint density at radius 3 is 3.25 bits per heavy atom. The van der Waals surface area contributed by atoms with Crippen molar-refractivity contribution in [3.05, 3.63) is 5.82 Å². The fourth-order valence-corrected chi connectivity index (χ4v) is 0.373. The molecule has 0 saturated heterocycles. The molecule has 1 heterocycles. The van der Waals surface area contributed by atoms with Gasteiger partial charge in [0.1, 0.15) is 6.61 Å². The maximum atomic E-state index is 4.70. The number of nitrogens with one attached hydrogen (secondary N) is 1. The van der Waals surface area contributed by atoms with Gasteiger partial charge in [-0.3, -0.25) is 0 Å². The molecule has 46 valence electrons. The van der Waals surface area contributed by atoms with E-state index in [0.717, 1.165) is 0 Å². The molecule has 0 bridgehead atoms. The molecule has 1 rings (SSSR count). The number of ether oxygens (including phenoxy) is 1. The summed E-state index contributed by atoms with van der Waals surface area (Å²) in [7, 11) is 1.58. The average Bonchev–Trinajstić information content (AvgIpc) is 2.19. The molecule has 0 amide bonds. The Morgan fingerprint density at radius 2 is 2.75 bits per heavy atom. The van der Waals surface area contributed by atoms with Gasteiger partial charge in [0.2, 0.25) is 0 Å². The van der Waals surface area contributed by atoms with Gasteiger partial charge in [-0.15, -0.1) is 10.2 Å². The standard InChI is InChI=1S/C3H6N4O.H2/c1-8-2-3-4-6-7-5-3;/h2H2,1H3,(H,4,5,6,7);1H. The van der Waals surface area contributed by atoms with Gasteiger partial charge in [0.05, 0.1) is 0 Å². The third kappa shape index (κ3) is 1.00. The van der Waals surface area contributed by atoms with Crippen LogP contribution in [0.3, 0.4) is 0 Å². The number of H-pyrrole nitrogens is 1. The van der Waals surface area contributed by atoms with Gasteiger partial charge in [-0.05, 0) is 0 Å². The van der Waals surface area contributed by atoms with Crippen LogP contribution >= 0.6 is 0 Å². The molecule has 0 unspecified atom stereocenters. The highest BCUT2D eigenvalue weighted by Crippen LogP contribution is 1.82. The summed E-state index contributed by atoms with van der Waals surface area (Å²) in [6.45, 7) is 0.413. The molecule has 1 aromatic heterocycles. The molecule has 0 aliphatic rings. The van der Waals surface area contributed by atoms with Crippen molar-refractivity contribution in [3.8, 4) is 0 Å². The summed E-state index contributed by atoms with van der Waals surface area (Å²) in [5, 5.41) is 12.9. The van der Waals surface area contributed by atoms with Crippen LogP contribution in [0.25, 0.3) is 0 Å². The molecule has 0 spiro atoms. The Balaban J connectivity index is 0.000000640. The molecule has 0 fully saturated rings. The number of hydrogen-bond acceptors (Lipinski definition) is 4. The topological polar surface area (TPSA) is 63.7 Å². The summed E-state index contributed by atoms with van der Waals surface area (Å²) in [5.74, 6) is 0.576. The first kappa shape index (κ1) is 5.17. The maximum absolute atomic E-state index is 4.70. The van der Waals surface area contributed by atoms with E-state index < -0.39 is 0 Å². The SMILES string of the molecule is COCc1nn[nH]n1.[HH]. The van der Waals surface area contributed by atoms with Crippen LogP contribution in [0.5, 0.6) is 0 Å². The first-order valence-corrected chi connectivity index (χ1v) is 2.14. The van der Waals surface area contributed by atoms with Gasteiger partial charge in [0.25, 0.3) is 0 Å². The lowest BCUT2D eigenvalue weighted by Gasteiger charge is -1.84. The van der Waals surface area contributed by atoms with Crippen molar-refractivity contribution in [2.24, 2.45) is 0 Å². The smallest absolute Gasteiger partial charge is 0.200 e. The number of nitrogens with zero attached hydrogens (tertiary/aromatic N) is 3. The highest BCUT2D eigenvalue weighted by atomic mass is 16.5. The van der Waals surface area contributed by atoms with Crippen molar-refractivity contribution in [2.75, 3.05) is 7.11 Å². The molecule has 0 aromatic carbocycles. The monoisotopic (exact) mass is 116 g/mol. The number of rotatable bonds is 2. The van der Waals surface area contributed by atoms with E-state index in [1.807, 2.05) is 0 Å². The van der Waals surface area contributed by atoms with E-state index in [1.165, 1.54) is 0 Å². The molecule has 8 heavy (non-hydrogen) atoms. The Kier molecular flexibility index (Phi) is 1.53. The van der Waals surface area contributed by atoms with Crippen molar-refractivity contribution < 1.29 is 6.16 Å². The van der Waals surface area contributed by atoms with E-state index in [-0.39, 0.29) is 1.43 Å². The minimum atomic E-state index is 0. The molecule has 0 saturated carbocycles. The zero-order valence-corrected chi connectivity index (χ0v) is 4.46. The zero-order chi connectivity index (χ0) is 5.82. The van der Waals surface area contributed by atoms with Gasteiger partial charge in [-0.1, -0.05) is 5.21 Å². The quantitative estimate of drug-likeness (QED) is 0.570. The van der Waals surface area contributed by atoms with Crippen molar-refractivity contribution in [2.45, 2.75) is 6.61 Å². The summed E-state index contributed by atoms with van der Waals surface area (Å²) in [6, 6.07) is 0. The van der Waals surface area contributed by atoms with Gasteiger partial charge in [-0.25, -0.2) is 0 Å². The molecule has 0 radical (unpaired) electrons. The molecule has 1 N–H and O–H groups in total. The number of methoxy groups -OCH3 is 1. The van der Waals surface area contributed by atoms with Crippen molar-refractivity contribution >= 4 is 0 Å². The lowest BCUT2D eigenvalue weighted by molar-refractivity contribution is 0.178. The van der Waals surface area contributed by atoms with E-state index in [0.29, 0.717) is 12.4 Å². The molecule has 1 aromatic rings. The predicted octanol–water partition coefficient (Wildman–Crippen LogP) is -0.408. The van der Waals surface area contributed by atoms with E-state index >= 15 is 0 Å². The Hall–Kier alpha value is -0.970. The molecule has 5 heteroatoms. The van der Waals surface area contributed by atoms with Gasteiger partial charge >= 0.3 is 0 Å². The first-order valence-electron chi connectivity index (χ1n) is 2.14. The fourth-order valence-electron chi connectivity index (χ4n) is 0.373. The zero-order valence-electron chi connectivity index (χ0n) is 4.46. The Morgan fingerprint density at radius 1 is 1.88 bits per heavy atom. The third-order valence-electron chi connectivity index (χ3n) is 0.663. The normalized spacial score (nSPS) is 9.62. The lowest BCUT2D eigenvalue weighted by Crippen LogP contribution is -1.89. The summed E-state index contributed by atoms with van der Waals surface area (Å²) >= 11 is 0. The highest BCUT2D eigenvalue weighted by Gasteiger charge is 1.91.